The van der Waals surface area contributed by atoms with Crippen molar-refractivity contribution in [3.63, 3.8) is 0 Å². The van der Waals surface area contributed by atoms with Gasteiger partial charge in [0.15, 0.2) is 11.5 Å². The van der Waals surface area contributed by atoms with Crippen LogP contribution >= 0.6 is 0 Å². The molecule has 2 aromatic carbocycles. The summed E-state index contributed by atoms with van der Waals surface area (Å²) < 4.78 is 24.0. The summed E-state index contributed by atoms with van der Waals surface area (Å²) in [5, 5.41) is 14.3. The van der Waals surface area contributed by atoms with Crippen LogP contribution in [0.5, 0.6) is 17.2 Å². The number of hydrogen-bond acceptors (Lipinski definition) is 12. The van der Waals surface area contributed by atoms with Crippen LogP contribution in [0, 0.1) is 0 Å². The van der Waals surface area contributed by atoms with Crippen molar-refractivity contribution in [3.05, 3.63) is 42.9 Å². The molecule has 0 spiro atoms. The zero-order valence-corrected chi connectivity index (χ0v) is 28.4. The van der Waals surface area contributed by atoms with Crippen molar-refractivity contribution in [1.29, 1.82) is 0 Å². The Morgan fingerprint density at radius 1 is 0.958 bits per heavy atom. The molecule has 2 aliphatic heterocycles. The molecule has 6 rings (SSSR count). The first-order chi connectivity index (χ1) is 23.1. The molecule has 2 aliphatic rings. The third-order valence-corrected chi connectivity index (χ3v) is 8.59. The van der Waals surface area contributed by atoms with E-state index < -0.39 is 5.60 Å². The molecule has 2 aromatic heterocycles. The minimum Gasteiger partial charge on any atom is -0.493 e. The number of piperazine rings is 1. The lowest BCUT2D eigenvalue weighted by Crippen LogP contribution is -2.50. The number of hydrogen-bond donors (Lipinski definition) is 2. The van der Waals surface area contributed by atoms with Crippen molar-refractivity contribution in [1.82, 2.24) is 24.4 Å². The van der Waals surface area contributed by atoms with E-state index in [1.54, 1.807) is 32.6 Å². The van der Waals surface area contributed by atoms with E-state index in [9.17, 15) is 9.90 Å². The van der Waals surface area contributed by atoms with Crippen molar-refractivity contribution in [2.75, 3.05) is 75.8 Å². The fourth-order valence-electron chi connectivity index (χ4n) is 6.15. The summed E-state index contributed by atoms with van der Waals surface area (Å²) in [6.45, 7) is 8.90. The number of rotatable bonds is 9. The molecule has 0 aliphatic carbocycles. The standard InChI is InChI=1S/C34H44N8O6/c1-34(2,3)48-33(44)40-14-12-39(13-15-40)22-9-10-25-26(16-22)36-32(42-11-7-8-23(42)20-43)38-31(25)37-29-19-41(21-35-29)24-17-27(45-4)30(47-6)28(18-24)46-5/h9-10,16-19,21,23,43H,7-8,11-15,20H2,1-6H3,(H,36,37,38). The Bertz CT molecular complexity index is 1740. The van der Waals surface area contributed by atoms with E-state index in [2.05, 4.69) is 32.2 Å². The Labute approximate surface area is 280 Å². The predicted molar refractivity (Wildman–Crippen MR) is 184 cm³/mol. The highest BCUT2D eigenvalue weighted by Gasteiger charge is 2.29. The van der Waals surface area contributed by atoms with Crippen molar-refractivity contribution in [2.45, 2.75) is 45.3 Å². The number of methoxy groups -OCH3 is 3. The number of benzene rings is 2. The van der Waals surface area contributed by atoms with Gasteiger partial charge in [0.1, 0.15) is 23.6 Å². The third-order valence-electron chi connectivity index (χ3n) is 8.59. The number of fused-ring (bicyclic) bond motifs is 1. The molecule has 48 heavy (non-hydrogen) atoms. The van der Waals surface area contributed by atoms with Crippen molar-refractivity contribution in [2.24, 2.45) is 0 Å². The molecule has 1 unspecified atom stereocenters. The van der Waals surface area contributed by atoms with Crippen LogP contribution in [0.2, 0.25) is 0 Å². The molecule has 0 bridgehead atoms. The van der Waals surface area contributed by atoms with Gasteiger partial charge >= 0.3 is 6.09 Å². The van der Waals surface area contributed by atoms with Crippen LogP contribution in [0.4, 0.5) is 28.1 Å². The average molecular weight is 661 g/mol. The van der Waals surface area contributed by atoms with Crippen LogP contribution in [0.25, 0.3) is 16.6 Å². The summed E-state index contributed by atoms with van der Waals surface area (Å²) in [5.74, 6) is 3.32. The van der Waals surface area contributed by atoms with Gasteiger partial charge in [-0.1, -0.05) is 0 Å². The Morgan fingerprint density at radius 3 is 2.33 bits per heavy atom. The monoisotopic (exact) mass is 660 g/mol. The van der Waals surface area contributed by atoms with Crippen LogP contribution in [0.1, 0.15) is 33.6 Å². The second-order valence-electron chi connectivity index (χ2n) is 12.9. The molecule has 2 N–H and O–H groups in total. The van der Waals surface area contributed by atoms with E-state index in [1.807, 2.05) is 49.7 Å². The van der Waals surface area contributed by atoms with E-state index in [4.69, 9.17) is 28.9 Å². The number of nitrogens with zero attached hydrogens (tertiary/aromatic N) is 7. The first kappa shape index (κ1) is 32.9. The molecule has 256 valence electrons. The van der Waals surface area contributed by atoms with Crippen molar-refractivity contribution < 1.29 is 28.8 Å². The van der Waals surface area contributed by atoms with Gasteiger partial charge in [0.2, 0.25) is 11.7 Å². The lowest BCUT2D eigenvalue weighted by Gasteiger charge is -2.36. The number of carbonyl (C=O) groups excluding carboxylic acids is 1. The SMILES string of the molecule is COc1cc(-n2cnc(Nc3nc(N4CCCC4CO)nc4cc(N5CCN(C(=O)OC(C)(C)C)CC5)ccc34)c2)cc(OC)c1OC. The van der Waals surface area contributed by atoms with Gasteiger partial charge in [0, 0.05) is 55.9 Å². The summed E-state index contributed by atoms with van der Waals surface area (Å²) in [6.07, 6.45) is 5.10. The number of aliphatic hydroxyl groups is 1. The normalized spacial score (nSPS) is 16.7. The van der Waals surface area contributed by atoms with E-state index in [-0.39, 0.29) is 18.7 Å². The molecule has 4 heterocycles. The van der Waals surface area contributed by atoms with Crippen LogP contribution < -0.4 is 29.3 Å². The average Bonchev–Trinajstić information content (AvgIpc) is 3.76. The van der Waals surface area contributed by atoms with Gasteiger partial charge in [0.05, 0.1) is 51.4 Å². The lowest BCUT2D eigenvalue weighted by molar-refractivity contribution is 0.0240. The van der Waals surface area contributed by atoms with Crippen LogP contribution in [-0.2, 0) is 4.74 Å². The largest absolute Gasteiger partial charge is 0.493 e. The molecular formula is C34H44N8O6. The summed E-state index contributed by atoms with van der Waals surface area (Å²) in [5.41, 5.74) is 2.02. The number of aromatic nitrogens is 4. The maximum Gasteiger partial charge on any atom is 0.410 e. The van der Waals surface area contributed by atoms with Crippen molar-refractivity contribution >= 4 is 40.3 Å². The topological polar surface area (TPSA) is 140 Å². The van der Waals surface area contributed by atoms with Gasteiger partial charge in [-0.3, -0.25) is 0 Å². The molecule has 14 nitrogen and oxygen atoms in total. The second kappa shape index (κ2) is 13.6. The van der Waals surface area contributed by atoms with Gasteiger partial charge in [-0.15, -0.1) is 0 Å². The van der Waals surface area contributed by atoms with Crippen LogP contribution in [-0.4, -0.2) is 108 Å². The van der Waals surface area contributed by atoms with E-state index in [0.717, 1.165) is 41.7 Å². The van der Waals surface area contributed by atoms with Gasteiger partial charge in [-0.25, -0.2) is 14.8 Å². The maximum absolute atomic E-state index is 12.6. The zero-order chi connectivity index (χ0) is 34.0. The Kier molecular flexibility index (Phi) is 9.35. The zero-order valence-electron chi connectivity index (χ0n) is 28.4. The number of amides is 1. The first-order valence-electron chi connectivity index (χ1n) is 16.1. The highest BCUT2D eigenvalue weighted by atomic mass is 16.6. The van der Waals surface area contributed by atoms with Crippen LogP contribution in [0.3, 0.4) is 0 Å². The minimum absolute atomic E-state index is 0.0331. The molecular weight excluding hydrogens is 616 g/mol. The Morgan fingerprint density at radius 2 is 1.69 bits per heavy atom. The fraction of sp³-hybridized carbons (Fsp3) is 0.471. The Balaban J connectivity index is 1.29. The summed E-state index contributed by atoms with van der Waals surface area (Å²) >= 11 is 0. The van der Waals surface area contributed by atoms with Gasteiger partial charge in [-0.2, -0.15) is 4.98 Å². The third kappa shape index (κ3) is 6.84. The van der Waals surface area contributed by atoms with Crippen molar-refractivity contribution in [3.8, 4) is 22.9 Å². The van der Waals surface area contributed by atoms with Gasteiger partial charge < -0.3 is 48.6 Å². The quantitative estimate of drug-likeness (QED) is 0.259. The van der Waals surface area contributed by atoms with Gasteiger partial charge in [-0.05, 0) is 51.8 Å². The number of imidazole rings is 1. The fourth-order valence-corrected chi connectivity index (χ4v) is 6.15. The summed E-state index contributed by atoms with van der Waals surface area (Å²) in [7, 11) is 4.73. The maximum atomic E-state index is 12.6. The van der Waals surface area contributed by atoms with Crippen LogP contribution in [0.15, 0.2) is 42.9 Å². The number of nitrogens with one attached hydrogen (secondary N) is 1. The number of carbonyl (C=O) groups is 1. The highest BCUT2D eigenvalue weighted by Crippen LogP contribution is 2.39. The minimum atomic E-state index is -0.533. The molecule has 2 saturated heterocycles. The second-order valence-corrected chi connectivity index (χ2v) is 12.9. The molecule has 0 saturated carbocycles. The molecule has 14 heteroatoms. The summed E-state index contributed by atoms with van der Waals surface area (Å²) in [6, 6.07) is 9.79. The lowest BCUT2D eigenvalue weighted by atomic mass is 10.1. The highest BCUT2D eigenvalue weighted by molar-refractivity contribution is 5.93. The van der Waals surface area contributed by atoms with Gasteiger partial charge in [0.25, 0.3) is 0 Å². The Hall–Kier alpha value is -4.98. The number of anilines is 4. The molecule has 2 fully saturated rings. The number of ether oxygens (including phenoxy) is 4. The number of aliphatic hydroxyl groups excluding tert-OH is 1. The first-order valence-corrected chi connectivity index (χ1v) is 16.1. The predicted octanol–water partition coefficient (Wildman–Crippen LogP) is 4.60. The molecule has 1 amide bonds. The van der Waals surface area contributed by atoms with E-state index in [0.29, 0.717) is 61.0 Å². The van der Waals surface area contributed by atoms with E-state index >= 15 is 0 Å². The molecule has 1 atom stereocenters. The summed E-state index contributed by atoms with van der Waals surface area (Å²) in [4.78, 5) is 33.3. The van der Waals surface area contributed by atoms with E-state index in [1.165, 1.54) is 0 Å². The smallest absolute Gasteiger partial charge is 0.410 e. The molecule has 0 radical (unpaired) electrons. The molecule has 4 aromatic rings.